The van der Waals surface area contributed by atoms with Crippen molar-refractivity contribution in [2.45, 2.75) is 25.3 Å². The summed E-state index contributed by atoms with van der Waals surface area (Å²) in [7, 11) is 1.67. The number of nitrogens with zero attached hydrogens (tertiary/aromatic N) is 4. The molecule has 0 spiro atoms. The van der Waals surface area contributed by atoms with E-state index in [0.29, 0.717) is 0 Å². The summed E-state index contributed by atoms with van der Waals surface area (Å²) in [4.78, 5) is 4.15. The molecule has 0 unspecified atom stereocenters. The number of ether oxygens (including phenoxy) is 1. The van der Waals surface area contributed by atoms with Gasteiger partial charge in [-0.2, -0.15) is 0 Å². The Labute approximate surface area is 164 Å². The molecule has 0 fully saturated rings. The third kappa shape index (κ3) is 4.18. The van der Waals surface area contributed by atoms with E-state index in [9.17, 15) is 0 Å². The fraction of sp³-hybridized carbons (Fsp3) is 0.227. The zero-order valence-electron chi connectivity index (χ0n) is 15.8. The van der Waals surface area contributed by atoms with E-state index in [1.54, 1.807) is 13.3 Å². The molecule has 2 N–H and O–H groups in total. The van der Waals surface area contributed by atoms with E-state index in [1.165, 1.54) is 5.56 Å². The molecule has 28 heavy (non-hydrogen) atoms. The predicted molar refractivity (Wildman–Crippen MR) is 110 cm³/mol. The second-order valence-corrected chi connectivity index (χ2v) is 6.91. The van der Waals surface area contributed by atoms with Crippen LogP contribution < -0.4 is 10.5 Å². The van der Waals surface area contributed by atoms with E-state index in [4.69, 9.17) is 10.5 Å². The maximum Gasteiger partial charge on any atom is 0.118 e. The number of hydrogen-bond acceptors (Lipinski definition) is 5. The molecular formula is C22H23N5O. The van der Waals surface area contributed by atoms with Crippen LogP contribution in [0, 0.1) is 0 Å². The van der Waals surface area contributed by atoms with Crippen molar-refractivity contribution in [1.82, 2.24) is 20.0 Å². The van der Waals surface area contributed by atoms with Crippen LogP contribution in [0.2, 0.25) is 0 Å². The van der Waals surface area contributed by atoms with E-state index >= 15 is 0 Å². The molecule has 0 amide bonds. The summed E-state index contributed by atoms with van der Waals surface area (Å²) in [5, 5.41) is 10.8. The summed E-state index contributed by atoms with van der Waals surface area (Å²) in [6, 6.07) is 16.3. The minimum atomic E-state index is 0.0757. The fourth-order valence-electron chi connectivity index (χ4n) is 3.25. The summed E-state index contributed by atoms with van der Waals surface area (Å²) < 4.78 is 7.00. The van der Waals surface area contributed by atoms with Gasteiger partial charge in [0.1, 0.15) is 5.75 Å². The summed E-state index contributed by atoms with van der Waals surface area (Å²) in [6.45, 7) is 0. The normalized spacial score (nSPS) is 12.2. The van der Waals surface area contributed by atoms with Crippen LogP contribution in [0.1, 0.15) is 17.7 Å². The van der Waals surface area contributed by atoms with Gasteiger partial charge in [0, 0.05) is 23.8 Å². The predicted octanol–water partition coefficient (Wildman–Crippen LogP) is 3.33. The summed E-state index contributed by atoms with van der Waals surface area (Å²) in [6.07, 6.45) is 8.11. The van der Waals surface area contributed by atoms with Gasteiger partial charge in [0.15, 0.2) is 0 Å². The monoisotopic (exact) mass is 373 g/mol. The molecule has 0 aliphatic heterocycles. The molecule has 2 aromatic heterocycles. The van der Waals surface area contributed by atoms with E-state index in [1.807, 2.05) is 47.4 Å². The molecule has 2 aromatic carbocycles. The Kier molecular flexibility index (Phi) is 5.30. The van der Waals surface area contributed by atoms with Gasteiger partial charge in [-0.05, 0) is 60.5 Å². The zero-order valence-corrected chi connectivity index (χ0v) is 15.8. The largest absolute Gasteiger partial charge is 0.497 e. The Bertz CT molecular complexity index is 1060. The molecule has 0 bridgehead atoms. The molecule has 6 nitrogen and oxygen atoms in total. The number of rotatable bonds is 7. The second-order valence-electron chi connectivity index (χ2n) is 6.91. The third-order valence-corrected chi connectivity index (χ3v) is 4.86. The number of hydrogen-bond donors (Lipinski definition) is 1. The minimum absolute atomic E-state index is 0.0757. The SMILES string of the molecule is COc1ccc(C[C@H](N)CCc2cn(-c3ccc4cnccc4c3)nn2)cc1. The number of nitrogens with two attached hydrogens (primary N) is 1. The van der Waals surface area contributed by atoms with Crippen molar-refractivity contribution in [1.29, 1.82) is 0 Å². The molecule has 2 heterocycles. The zero-order chi connectivity index (χ0) is 19.3. The maximum atomic E-state index is 6.31. The maximum absolute atomic E-state index is 6.31. The van der Waals surface area contributed by atoms with Crippen LogP contribution in [-0.4, -0.2) is 33.1 Å². The number of aryl methyl sites for hydroxylation is 1. The van der Waals surface area contributed by atoms with Gasteiger partial charge in [-0.25, -0.2) is 4.68 Å². The lowest BCUT2D eigenvalue weighted by Crippen LogP contribution is -2.23. The first-order chi connectivity index (χ1) is 13.7. The Morgan fingerprint density at radius 1 is 1.07 bits per heavy atom. The Morgan fingerprint density at radius 2 is 1.93 bits per heavy atom. The van der Waals surface area contributed by atoms with Gasteiger partial charge in [-0.1, -0.05) is 23.4 Å². The van der Waals surface area contributed by atoms with Crippen LogP contribution in [-0.2, 0) is 12.8 Å². The molecule has 0 aliphatic carbocycles. The molecule has 0 saturated carbocycles. The van der Waals surface area contributed by atoms with Crippen molar-refractivity contribution in [3.05, 3.63) is 78.4 Å². The molecule has 142 valence electrons. The number of pyridine rings is 1. The van der Waals surface area contributed by atoms with E-state index in [-0.39, 0.29) is 6.04 Å². The van der Waals surface area contributed by atoms with Gasteiger partial charge in [-0.3, -0.25) is 4.98 Å². The van der Waals surface area contributed by atoms with Crippen LogP contribution in [0.3, 0.4) is 0 Å². The van der Waals surface area contributed by atoms with Gasteiger partial charge < -0.3 is 10.5 Å². The number of methoxy groups -OCH3 is 1. The molecule has 4 rings (SSSR count). The van der Waals surface area contributed by atoms with Crippen LogP contribution in [0.5, 0.6) is 5.75 Å². The molecular weight excluding hydrogens is 350 g/mol. The quantitative estimate of drug-likeness (QED) is 0.538. The third-order valence-electron chi connectivity index (χ3n) is 4.86. The van der Waals surface area contributed by atoms with Crippen molar-refractivity contribution in [2.75, 3.05) is 7.11 Å². The van der Waals surface area contributed by atoms with Gasteiger partial charge >= 0.3 is 0 Å². The minimum Gasteiger partial charge on any atom is -0.497 e. The number of benzene rings is 2. The van der Waals surface area contributed by atoms with Crippen LogP contribution in [0.4, 0.5) is 0 Å². The molecule has 1 atom stereocenters. The van der Waals surface area contributed by atoms with Crippen LogP contribution >= 0.6 is 0 Å². The second kappa shape index (κ2) is 8.19. The Morgan fingerprint density at radius 3 is 2.75 bits per heavy atom. The standard InChI is InChI=1S/C22H23N5O/c1-28-22-8-2-16(3-9-22)12-19(23)5-6-20-15-27(26-25-20)21-7-4-18-14-24-11-10-17(18)13-21/h2-4,7-11,13-15,19H,5-6,12,23H2,1H3/t19-/m1/s1. The molecule has 0 radical (unpaired) electrons. The molecule has 0 aliphatic rings. The average molecular weight is 373 g/mol. The lowest BCUT2D eigenvalue weighted by molar-refractivity contribution is 0.414. The van der Waals surface area contributed by atoms with Gasteiger partial charge in [0.2, 0.25) is 0 Å². The van der Waals surface area contributed by atoms with Crippen LogP contribution in [0.15, 0.2) is 67.1 Å². The first-order valence-corrected chi connectivity index (χ1v) is 9.35. The van der Waals surface area contributed by atoms with E-state index < -0.39 is 0 Å². The van der Waals surface area contributed by atoms with E-state index in [0.717, 1.165) is 47.2 Å². The molecule has 4 aromatic rings. The van der Waals surface area contributed by atoms with Crippen molar-refractivity contribution in [3.63, 3.8) is 0 Å². The first-order valence-electron chi connectivity index (χ1n) is 9.35. The van der Waals surface area contributed by atoms with Crippen molar-refractivity contribution in [3.8, 4) is 11.4 Å². The highest BCUT2D eigenvalue weighted by Gasteiger charge is 2.09. The number of aromatic nitrogens is 4. The fourth-order valence-corrected chi connectivity index (χ4v) is 3.25. The smallest absolute Gasteiger partial charge is 0.118 e. The van der Waals surface area contributed by atoms with Gasteiger partial charge in [-0.15, -0.1) is 5.10 Å². The van der Waals surface area contributed by atoms with E-state index in [2.05, 4.69) is 33.5 Å². The van der Waals surface area contributed by atoms with Gasteiger partial charge in [0.25, 0.3) is 0 Å². The topological polar surface area (TPSA) is 78.9 Å². The van der Waals surface area contributed by atoms with Crippen LogP contribution in [0.25, 0.3) is 16.5 Å². The highest BCUT2D eigenvalue weighted by molar-refractivity contribution is 5.83. The average Bonchev–Trinajstić information content (AvgIpc) is 3.21. The lowest BCUT2D eigenvalue weighted by atomic mass is 10.0. The van der Waals surface area contributed by atoms with Crippen molar-refractivity contribution >= 4 is 10.8 Å². The summed E-state index contributed by atoms with van der Waals surface area (Å²) in [5.74, 6) is 0.860. The Balaban J connectivity index is 1.37. The van der Waals surface area contributed by atoms with Crippen molar-refractivity contribution in [2.24, 2.45) is 5.73 Å². The van der Waals surface area contributed by atoms with Crippen molar-refractivity contribution < 1.29 is 4.74 Å². The molecule has 6 heteroatoms. The highest BCUT2D eigenvalue weighted by atomic mass is 16.5. The number of fused-ring (bicyclic) bond motifs is 1. The first kappa shape index (κ1) is 18.1. The summed E-state index contributed by atoms with van der Waals surface area (Å²) in [5.41, 5.74) is 9.45. The van der Waals surface area contributed by atoms with Gasteiger partial charge in [0.05, 0.1) is 24.7 Å². The Hall–Kier alpha value is -3.25. The highest BCUT2D eigenvalue weighted by Crippen LogP contribution is 2.18. The summed E-state index contributed by atoms with van der Waals surface area (Å²) >= 11 is 0. The molecule has 0 saturated heterocycles. The lowest BCUT2D eigenvalue weighted by Gasteiger charge is -2.11.